The fraction of sp³-hybridized carbons (Fsp3) is 0.667. The lowest BCUT2D eigenvalue weighted by Crippen LogP contribution is -1.99. The first-order valence-electron chi connectivity index (χ1n) is 2.93. The Morgan fingerprint density at radius 3 is 2.78 bits per heavy atom. The van der Waals surface area contributed by atoms with Crippen molar-refractivity contribution in [1.82, 2.24) is 0 Å². The van der Waals surface area contributed by atoms with Gasteiger partial charge in [-0.05, 0) is 18.8 Å². The largest absolute Gasteiger partial charge is 0.330 e. The highest BCUT2D eigenvalue weighted by molar-refractivity contribution is 8.78. The fourth-order valence-corrected chi connectivity index (χ4v) is 2.08. The fourth-order valence-electron chi connectivity index (χ4n) is 0.231. The number of rotatable bonds is 4. The number of allylic oxidation sites excluding steroid dienone is 2. The molecule has 9 heavy (non-hydrogen) atoms. The van der Waals surface area contributed by atoms with E-state index in [1.807, 2.05) is 17.7 Å². The van der Waals surface area contributed by atoms with Crippen molar-refractivity contribution in [2.75, 3.05) is 12.3 Å². The standard InChI is InChI=1S/C6H13NS2/c1-3-6(2)9-8-5-4-7/h3H,4-5,7H2,1-2H3. The summed E-state index contributed by atoms with van der Waals surface area (Å²) in [7, 11) is 3.61. The van der Waals surface area contributed by atoms with Crippen molar-refractivity contribution in [3.8, 4) is 0 Å². The van der Waals surface area contributed by atoms with Gasteiger partial charge in [0.15, 0.2) is 0 Å². The third-order valence-corrected chi connectivity index (χ3v) is 3.46. The summed E-state index contributed by atoms with van der Waals surface area (Å²) in [6.07, 6.45) is 2.11. The van der Waals surface area contributed by atoms with Crippen molar-refractivity contribution in [2.24, 2.45) is 5.73 Å². The van der Waals surface area contributed by atoms with Crippen LogP contribution in [-0.2, 0) is 0 Å². The van der Waals surface area contributed by atoms with Gasteiger partial charge in [0.2, 0.25) is 0 Å². The molecule has 0 rings (SSSR count). The van der Waals surface area contributed by atoms with Crippen LogP contribution in [-0.4, -0.2) is 12.3 Å². The molecule has 0 aromatic carbocycles. The van der Waals surface area contributed by atoms with E-state index in [-0.39, 0.29) is 0 Å². The van der Waals surface area contributed by atoms with E-state index in [0.29, 0.717) is 0 Å². The van der Waals surface area contributed by atoms with Gasteiger partial charge in [-0.2, -0.15) is 0 Å². The predicted octanol–water partition coefficient (Wildman–Crippen LogP) is 2.25. The zero-order valence-corrected chi connectivity index (χ0v) is 7.52. The molecule has 0 saturated heterocycles. The van der Waals surface area contributed by atoms with E-state index in [4.69, 9.17) is 5.73 Å². The summed E-state index contributed by atoms with van der Waals surface area (Å²) < 4.78 is 0. The zero-order chi connectivity index (χ0) is 7.11. The number of hydrogen-bond donors (Lipinski definition) is 1. The van der Waals surface area contributed by atoms with Crippen molar-refractivity contribution < 1.29 is 0 Å². The topological polar surface area (TPSA) is 26.0 Å². The summed E-state index contributed by atoms with van der Waals surface area (Å²) in [6, 6.07) is 0. The minimum absolute atomic E-state index is 0.772. The summed E-state index contributed by atoms with van der Waals surface area (Å²) in [6.45, 7) is 4.92. The van der Waals surface area contributed by atoms with Crippen LogP contribution in [0, 0.1) is 0 Å². The van der Waals surface area contributed by atoms with Gasteiger partial charge in [0.25, 0.3) is 0 Å². The summed E-state index contributed by atoms with van der Waals surface area (Å²) in [4.78, 5) is 1.36. The van der Waals surface area contributed by atoms with Crippen LogP contribution in [0.4, 0.5) is 0 Å². The van der Waals surface area contributed by atoms with Crippen molar-refractivity contribution in [3.05, 3.63) is 11.0 Å². The van der Waals surface area contributed by atoms with Crippen LogP contribution in [0.1, 0.15) is 13.8 Å². The molecule has 0 fully saturated rings. The molecule has 0 aliphatic rings. The molecule has 0 aliphatic heterocycles. The van der Waals surface area contributed by atoms with Gasteiger partial charge >= 0.3 is 0 Å². The average Bonchev–Trinajstić information content (AvgIpc) is 1.89. The van der Waals surface area contributed by atoms with Crippen LogP contribution in [0.3, 0.4) is 0 Å². The van der Waals surface area contributed by atoms with E-state index in [1.54, 1.807) is 10.8 Å². The molecule has 1 nitrogen and oxygen atoms in total. The monoisotopic (exact) mass is 163 g/mol. The highest BCUT2D eigenvalue weighted by Gasteiger charge is 1.87. The van der Waals surface area contributed by atoms with Gasteiger partial charge in [0.05, 0.1) is 0 Å². The minimum Gasteiger partial charge on any atom is -0.330 e. The van der Waals surface area contributed by atoms with Crippen molar-refractivity contribution >= 4 is 21.6 Å². The second kappa shape index (κ2) is 6.52. The Balaban J connectivity index is 3.07. The van der Waals surface area contributed by atoms with Crippen LogP contribution >= 0.6 is 21.6 Å². The lowest BCUT2D eigenvalue weighted by Gasteiger charge is -1.96. The van der Waals surface area contributed by atoms with E-state index in [9.17, 15) is 0 Å². The summed E-state index contributed by atoms with van der Waals surface area (Å²) >= 11 is 0. The molecule has 0 radical (unpaired) electrons. The van der Waals surface area contributed by atoms with Gasteiger partial charge in [0.1, 0.15) is 0 Å². The van der Waals surface area contributed by atoms with E-state index in [2.05, 4.69) is 13.0 Å². The second-order valence-corrected chi connectivity index (χ2v) is 4.25. The minimum atomic E-state index is 0.772. The zero-order valence-electron chi connectivity index (χ0n) is 5.89. The van der Waals surface area contributed by atoms with Crippen molar-refractivity contribution in [2.45, 2.75) is 13.8 Å². The first kappa shape index (κ1) is 9.40. The molecule has 0 aliphatic carbocycles. The summed E-state index contributed by atoms with van der Waals surface area (Å²) in [5.41, 5.74) is 5.30. The van der Waals surface area contributed by atoms with Crippen LogP contribution in [0.15, 0.2) is 11.0 Å². The van der Waals surface area contributed by atoms with Gasteiger partial charge in [0, 0.05) is 12.3 Å². The molecule has 0 bridgehead atoms. The lowest BCUT2D eigenvalue weighted by molar-refractivity contribution is 1.16. The molecular formula is C6H13NS2. The van der Waals surface area contributed by atoms with Gasteiger partial charge < -0.3 is 5.73 Å². The van der Waals surface area contributed by atoms with Crippen LogP contribution < -0.4 is 5.73 Å². The van der Waals surface area contributed by atoms with E-state index in [1.165, 1.54) is 4.91 Å². The lowest BCUT2D eigenvalue weighted by atomic mass is 10.6. The quantitative estimate of drug-likeness (QED) is 0.508. The first-order chi connectivity index (χ1) is 4.31. The maximum Gasteiger partial charge on any atom is 0.0163 e. The van der Waals surface area contributed by atoms with Crippen LogP contribution in [0.5, 0.6) is 0 Å². The number of hydrogen-bond acceptors (Lipinski definition) is 3. The molecule has 0 spiro atoms. The van der Waals surface area contributed by atoms with Gasteiger partial charge in [-0.3, -0.25) is 0 Å². The molecule has 2 N–H and O–H groups in total. The Kier molecular flexibility index (Phi) is 6.81. The third-order valence-electron chi connectivity index (χ3n) is 0.798. The normalized spacial score (nSPS) is 12.1. The Hall–Kier alpha value is 0.400. The smallest absolute Gasteiger partial charge is 0.0163 e. The molecule has 0 saturated carbocycles. The molecule has 0 aromatic rings. The molecule has 0 amide bonds. The van der Waals surface area contributed by atoms with E-state index < -0.39 is 0 Å². The number of nitrogens with two attached hydrogens (primary N) is 1. The summed E-state index contributed by atoms with van der Waals surface area (Å²) in [5, 5.41) is 0. The molecule has 0 heterocycles. The molecule has 0 aromatic heterocycles. The summed E-state index contributed by atoms with van der Waals surface area (Å²) in [5.74, 6) is 1.04. The first-order valence-corrected chi connectivity index (χ1v) is 5.25. The second-order valence-electron chi connectivity index (χ2n) is 1.59. The molecule has 0 atom stereocenters. The Morgan fingerprint density at radius 1 is 1.67 bits per heavy atom. The highest BCUT2D eigenvalue weighted by atomic mass is 33.1. The molecule has 3 heteroatoms. The van der Waals surface area contributed by atoms with Crippen LogP contribution in [0.2, 0.25) is 0 Å². The molecular weight excluding hydrogens is 150 g/mol. The Bertz CT molecular complexity index is 91.1. The van der Waals surface area contributed by atoms with Gasteiger partial charge in [-0.25, -0.2) is 0 Å². The third kappa shape index (κ3) is 6.28. The van der Waals surface area contributed by atoms with Gasteiger partial charge in [-0.15, -0.1) is 0 Å². The SMILES string of the molecule is CC=C(C)SSCCN. The Labute approximate surface area is 64.9 Å². The van der Waals surface area contributed by atoms with Crippen molar-refractivity contribution in [1.29, 1.82) is 0 Å². The Morgan fingerprint density at radius 2 is 2.33 bits per heavy atom. The van der Waals surface area contributed by atoms with Crippen LogP contribution in [0.25, 0.3) is 0 Å². The predicted molar refractivity (Wildman–Crippen MR) is 48.5 cm³/mol. The van der Waals surface area contributed by atoms with Crippen molar-refractivity contribution in [3.63, 3.8) is 0 Å². The molecule has 0 unspecified atom stereocenters. The van der Waals surface area contributed by atoms with E-state index in [0.717, 1.165) is 12.3 Å². The van der Waals surface area contributed by atoms with E-state index >= 15 is 0 Å². The highest BCUT2D eigenvalue weighted by Crippen LogP contribution is 2.28. The maximum atomic E-state index is 5.30. The van der Waals surface area contributed by atoms with Gasteiger partial charge in [-0.1, -0.05) is 27.7 Å². The average molecular weight is 163 g/mol. The molecule has 54 valence electrons. The maximum absolute atomic E-state index is 5.30.